The average Bonchev–Trinajstić information content (AvgIpc) is 2.53. The van der Waals surface area contributed by atoms with E-state index in [0.29, 0.717) is 5.02 Å². The van der Waals surface area contributed by atoms with E-state index in [1.807, 2.05) is 0 Å². The van der Waals surface area contributed by atoms with Crippen molar-refractivity contribution in [2.75, 3.05) is 13.6 Å². The van der Waals surface area contributed by atoms with E-state index in [9.17, 15) is 18.0 Å². The van der Waals surface area contributed by atoms with Crippen molar-refractivity contribution in [1.29, 1.82) is 0 Å². The van der Waals surface area contributed by atoms with Crippen LogP contribution in [0.2, 0.25) is 5.02 Å². The van der Waals surface area contributed by atoms with Crippen LogP contribution in [0.25, 0.3) is 0 Å². The first-order valence-corrected chi connectivity index (χ1v) is 8.69. The number of carbonyl (C=O) groups is 2. The number of nitrogens with one attached hydrogen (secondary N) is 2. The fourth-order valence-corrected chi connectivity index (χ4v) is 2.79. The molecule has 2 amide bonds. The standard InChI is InChI=1S/C15H18ClN3O4S/c1-3-4-5-6-14(20)17-18-15(21)11-19(2)24(22,23)13-9-7-12(16)8-10-13/h3-10H,11H2,1-2H3,(H,17,20)(H,18,21)/b4-3+,6-5+. The second-order valence-electron chi connectivity index (χ2n) is 4.64. The average molecular weight is 372 g/mol. The first kappa shape index (κ1) is 19.9. The minimum Gasteiger partial charge on any atom is -0.272 e. The molecule has 0 fully saturated rings. The first-order chi connectivity index (χ1) is 11.3. The van der Waals surface area contributed by atoms with Gasteiger partial charge in [-0.3, -0.25) is 20.4 Å². The summed E-state index contributed by atoms with van der Waals surface area (Å²) in [5.41, 5.74) is 4.28. The summed E-state index contributed by atoms with van der Waals surface area (Å²) in [6, 6.07) is 5.58. The van der Waals surface area contributed by atoms with Gasteiger partial charge in [-0.2, -0.15) is 4.31 Å². The predicted molar refractivity (Wildman–Crippen MR) is 91.5 cm³/mol. The number of benzene rings is 1. The monoisotopic (exact) mass is 371 g/mol. The molecule has 0 radical (unpaired) electrons. The van der Waals surface area contributed by atoms with Gasteiger partial charge in [-0.1, -0.05) is 29.8 Å². The molecule has 0 aliphatic carbocycles. The molecule has 24 heavy (non-hydrogen) atoms. The number of hydrazine groups is 1. The molecule has 0 atom stereocenters. The Bertz CT molecular complexity index is 742. The molecule has 0 spiro atoms. The lowest BCUT2D eigenvalue weighted by molar-refractivity contribution is -0.126. The largest absolute Gasteiger partial charge is 0.272 e. The summed E-state index contributed by atoms with van der Waals surface area (Å²) in [6.45, 7) is 1.34. The SMILES string of the molecule is C/C=C/C=C/C(=O)NNC(=O)CN(C)S(=O)(=O)c1ccc(Cl)cc1. The number of hydrogen-bond donors (Lipinski definition) is 2. The van der Waals surface area contributed by atoms with Gasteiger partial charge in [0.1, 0.15) is 0 Å². The molecule has 2 N–H and O–H groups in total. The number of allylic oxidation sites excluding steroid dienone is 3. The molecule has 0 bridgehead atoms. The van der Waals surface area contributed by atoms with E-state index >= 15 is 0 Å². The van der Waals surface area contributed by atoms with Crippen LogP contribution >= 0.6 is 11.6 Å². The Balaban J connectivity index is 2.60. The molecule has 0 saturated carbocycles. The molecule has 7 nitrogen and oxygen atoms in total. The Labute approximate surface area is 146 Å². The Morgan fingerprint density at radius 2 is 1.79 bits per heavy atom. The fourth-order valence-electron chi connectivity index (χ4n) is 1.54. The Morgan fingerprint density at radius 1 is 1.17 bits per heavy atom. The zero-order chi connectivity index (χ0) is 18.2. The van der Waals surface area contributed by atoms with Crippen LogP contribution in [0.1, 0.15) is 6.92 Å². The number of hydrogen-bond acceptors (Lipinski definition) is 4. The maximum atomic E-state index is 12.3. The number of likely N-dealkylation sites (N-methyl/N-ethyl adjacent to an activating group) is 1. The molecule has 9 heteroatoms. The quantitative estimate of drug-likeness (QED) is 0.447. The zero-order valence-electron chi connectivity index (χ0n) is 13.2. The van der Waals surface area contributed by atoms with E-state index in [1.54, 1.807) is 19.1 Å². The highest BCUT2D eigenvalue weighted by Crippen LogP contribution is 2.17. The van der Waals surface area contributed by atoms with Gasteiger partial charge >= 0.3 is 0 Å². The summed E-state index contributed by atoms with van der Waals surface area (Å²) < 4.78 is 25.4. The predicted octanol–water partition coefficient (Wildman–Crippen LogP) is 1.24. The molecule has 0 heterocycles. The van der Waals surface area contributed by atoms with Crippen LogP contribution in [0.5, 0.6) is 0 Å². The van der Waals surface area contributed by atoms with Gasteiger partial charge in [-0.25, -0.2) is 8.42 Å². The van der Waals surface area contributed by atoms with Crippen molar-refractivity contribution in [3.8, 4) is 0 Å². The molecule has 0 aliphatic heterocycles. The molecule has 0 aliphatic rings. The third kappa shape index (κ3) is 6.15. The van der Waals surface area contributed by atoms with Crippen molar-refractivity contribution in [1.82, 2.24) is 15.2 Å². The summed E-state index contributed by atoms with van der Waals surface area (Å²) in [7, 11) is -2.57. The van der Waals surface area contributed by atoms with Gasteiger partial charge in [-0.15, -0.1) is 0 Å². The highest BCUT2D eigenvalue weighted by molar-refractivity contribution is 7.89. The summed E-state index contributed by atoms with van der Waals surface area (Å²) in [5.74, 6) is -1.22. The molecular weight excluding hydrogens is 354 g/mol. The lowest BCUT2D eigenvalue weighted by Gasteiger charge is -2.16. The second-order valence-corrected chi connectivity index (χ2v) is 7.12. The van der Waals surface area contributed by atoms with Gasteiger partial charge in [0.05, 0.1) is 11.4 Å². The summed E-state index contributed by atoms with van der Waals surface area (Å²) in [5, 5.41) is 0.406. The van der Waals surface area contributed by atoms with Gasteiger partial charge in [0, 0.05) is 18.1 Å². The number of amides is 2. The lowest BCUT2D eigenvalue weighted by atomic mass is 10.4. The molecule has 1 rings (SSSR count). The Hall–Kier alpha value is -2.16. The third-order valence-corrected chi connectivity index (χ3v) is 4.83. The van der Waals surface area contributed by atoms with E-state index in [0.717, 1.165) is 4.31 Å². The smallest absolute Gasteiger partial charge is 0.262 e. The Kier molecular flexibility index (Phi) is 7.63. The number of rotatable bonds is 6. The van der Waals surface area contributed by atoms with Gasteiger partial charge in [0.2, 0.25) is 10.0 Å². The highest BCUT2D eigenvalue weighted by atomic mass is 35.5. The maximum absolute atomic E-state index is 12.3. The van der Waals surface area contributed by atoms with Crippen molar-refractivity contribution < 1.29 is 18.0 Å². The van der Waals surface area contributed by atoms with Crippen molar-refractivity contribution in [3.63, 3.8) is 0 Å². The molecule has 0 unspecified atom stereocenters. The topological polar surface area (TPSA) is 95.6 Å². The molecular formula is C15H18ClN3O4S. The van der Waals surface area contributed by atoms with Gasteiger partial charge in [0.25, 0.3) is 11.8 Å². The van der Waals surface area contributed by atoms with Crippen LogP contribution in [0.3, 0.4) is 0 Å². The number of sulfonamides is 1. The number of nitrogens with zero attached hydrogens (tertiary/aromatic N) is 1. The van der Waals surface area contributed by atoms with Crippen molar-refractivity contribution in [3.05, 3.63) is 53.6 Å². The van der Waals surface area contributed by atoms with Crippen LogP contribution in [0.4, 0.5) is 0 Å². The van der Waals surface area contributed by atoms with Gasteiger partial charge < -0.3 is 0 Å². The number of halogens is 1. The maximum Gasteiger partial charge on any atom is 0.262 e. The van der Waals surface area contributed by atoms with Crippen LogP contribution < -0.4 is 10.9 Å². The van der Waals surface area contributed by atoms with E-state index in [2.05, 4.69) is 10.9 Å². The van der Waals surface area contributed by atoms with E-state index in [4.69, 9.17) is 11.6 Å². The normalized spacial score (nSPS) is 12.0. The van der Waals surface area contributed by atoms with Crippen LogP contribution in [-0.4, -0.2) is 38.1 Å². The van der Waals surface area contributed by atoms with Gasteiger partial charge in [-0.05, 0) is 31.2 Å². The lowest BCUT2D eigenvalue weighted by Crippen LogP contribution is -2.46. The molecule has 0 saturated heterocycles. The van der Waals surface area contributed by atoms with Crippen LogP contribution in [0.15, 0.2) is 53.5 Å². The molecule has 130 valence electrons. The van der Waals surface area contributed by atoms with Crippen molar-refractivity contribution in [2.24, 2.45) is 0 Å². The summed E-state index contributed by atoms with van der Waals surface area (Å²) in [6.07, 6.45) is 6.10. The molecule has 1 aromatic rings. The van der Waals surface area contributed by atoms with E-state index in [1.165, 1.54) is 43.5 Å². The fraction of sp³-hybridized carbons (Fsp3) is 0.200. The highest BCUT2D eigenvalue weighted by Gasteiger charge is 2.22. The number of carbonyl (C=O) groups excluding carboxylic acids is 2. The summed E-state index contributed by atoms with van der Waals surface area (Å²) in [4.78, 5) is 23.1. The third-order valence-electron chi connectivity index (χ3n) is 2.76. The van der Waals surface area contributed by atoms with Crippen molar-refractivity contribution >= 4 is 33.4 Å². The minimum atomic E-state index is -3.83. The summed E-state index contributed by atoms with van der Waals surface area (Å²) >= 11 is 5.72. The van der Waals surface area contributed by atoms with E-state index < -0.39 is 28.4 Å². The minimum absolute atomic E-state index is 0.0144. The first-order valence-electron chi connectivity index (χ1n) is 6.87. The van der Waals surface area contributed by atoms with Crippen LogP contribution in [0, 0.1) is 0 Å². The molecule has 0 aromatic heterocycles. The molecule has 1 aromatic carbocycles. The Morgan fingerprint density at radius 3 is 2.38 bits per heavy atom. The van der Waals surface area contributed by atoms with Gasteiger partial charge in [0.15, 0.2) is 0 Å². The van der Waals surface area contributed by atoms with Crippen LogP contribution in [-0.2, 0) is 19.6 Å². The van der Waals surface area contributed by atoms with E-state index in [-0.39, 0.29) is 4.90 Å². The van der Waals surface area contributed by atoms with Crippen molar-refractivity contribution in [2.45, 2.75) is 11.8 Å². The zero-order valence-corrected chi connectivity index (χ0v) is 14.8. The second kappa shape index (κ2) is 9.21.